The van der Waals surface area contributed by atoms with Crippen molar-refractivity contribution in [3.8, 4) is 0 Å². The average Bonchev–Trinajstić information content (AvgIpc) is 2.21. The molecule has 0 aliphatic carbocycles. The van der Waals surface area contributed by atoms with E-state index in [1.165, 1.54) is 5.56 Å². The first-order valence-electron chi connectivity index (χ1n) is 4.75. The molecule has 0 aliphatic rings. The first-order valence-corrected chi connectivity index (χ1v) is 4.75. The normalized spacial score (nSPS) is 12.8. The number of hydrogen-bond acceptors (Lipinski definition) is 2. The number of rotatable bonds is 5. The van der Waals surface area contributed by atoms with Gasteiger partial charge in [-0.25, -0.2) is 0 Å². The largest absolute Gasteiger partial charge is 0.372 e. The van der Waals surface area contributed by atoms with E-state index >= 15 is 0 Å². The third kappa shape index (κ3) is 3.17. The standard InChI is InChI=1S/C11H17NO/c1-2-11(13-9-8-12)10-6-4-3-5-7-10/h3-7,11H,2,8-9,12H2,1H3/t11-/m1/s1. The number of nitrogens with two attached hydrogens (primary N) is 1. The van der Waals surface area contributed by atoms with Crippen LogP contribution in [0.4, 0.5) is 0 Å². The van der Waals surface area contributed by atoms with Crippen molar-refractivity contribution in [2.75, 3.05) is 13.2 Å². The predicted molar refractivity (Wildman–Crippen MR) is 54.5 cm³/mol. The molecule has 0 spiro atoms. The highest BCUT2D eigenvalue weighted by molar-refractivity contribution is 5.17. The fraction of sp³-hybridized carbons (Fsp3) is 0.455. The van der Waals surface area contributed by atoms with Crippen molar-refractivity contribution in [1.29, 1.82) is 0 Å². The molecule has 13 heavy (non-hydrogen) atoms. The van der Waals surface area contributed by atoms with E-state index in [1.54, 1.807) is 0 Å². The van der Waals surface area contributed by atoms with Gasteiger partial charge in [0, 0.05) is 6.54 Å². The molecule has 1 rings (SSSR count). The first-order chi connectivity index (χ1) is 6.38. The number of ether oxygens (including phenoxy) is 1. The van der Waals surface area contributed by atoms with E-state index in [4.69, 9.17) is 10.5 Å². The fourth-order valence-corrected chi connectivity index (χ4v) is 1.33. The molecule has 0 saturated heterocycles. The minimum atomic E-state index is 0.199. The third-order valence-corrected chi connectivity index (χ3v) is 1.98. The molecule has 0 amide bonds. The predicted octanol–water partition coefficient (Wildman–Crippen LogP) is 2.11. The third-order valence-electron chi connectivity index (χ3n) is 1.98. The van der Waals surface area contributed by atoms with E-state index in [0.717, 1.165) is 6.42 Å². The van der Waals surface area contributed by atoms with Crippen molar-refractivity contribution in [3.63, 3.8) is 0 Å². The summed E-state index contributed by atoms with van der Waals surface area (Å²) in [5.74, 6) is 0. The fourth-order valence-electron chi connectivity index (χ4n) is 1.33. The zero-order valence-electron chi connectivity index (χ0n) is 8.07. The Labute approximate surface area is 79.7 Å². The maximum absolute atomic E-state index is 5.60. The van der Waals surface area contributed by atoms with Gasteiger partial charge in [0.25, 0.3) is 0 Å². The van der Waals surface area contributed by atoms with E-state index in [1.807, 2.05) is 18.2 Å². The van der Waals surface area contributed by atoms with Crippen LogP contribution >= 0.6 is 0 Å². The van der Waals surface area contributed by atoms with Gasteiger partial charge in [-0.3, -0.25) is 0 Å². The van der Waals surface area contributed by atoms with E-state index in [-0.39, 0.29) is 6.10 Å². The van der Waals surface area contributed by atoms with Crippen LogP contribution in [0.15, 0.2) is 30.3 Å². The van der Waals surface area contributed by atoms with Crippen molar-refractivity contribution in [2.24, 2.45) is 5.73 Å². The second kappa shape index (κ2) is 5.73. The van der Waals surface area contributed by atoms with Crippen LogP contribution in [-0.2, 0) is 4.74 Å². The molecular formula is C11H17NO. The summed E-state index contributed by atoms with van der Waals surface area (Å²) in [6.07, 6.45) is 1.19. The van der Waals surface area contributed by atoms with Gasteiger partial charge < -0.3 is 10.5 Å². The van der Waals surface area contributed by atoms with Gasteiger partial charge in [-0.15, -0.1) is 0 Å². The van der Waals surface area contributed by atoms with Crippen LogP contribution in [0.1, 0.15) is 25.0 Å². The summed E-state index contributed by atoms with van der Waals surface area (Å²) in [7, 11) is 0. The molecule has 0 radical (unpaired) electrons. The highest BCUT2D eigenvalue weighted by atomic mass is 16.5. The minimum Gasteiger partial charge on any atom is -0.372 e. The molecule has 2 nitrogen and oxygen atoms in total. The SMILES string of the molecule is CC[C@@H](OCCN)c1ccccc1. The van der Waals surface area contributed by atoms with Gasteiger partial charge in [0.15, 0.2) is 0 Å². The quantitative estimate of drug-likeness (QED) is 0.751. The summed E-state index contributed by atoms with van der Waals surface area (Å²) in [5.41, 5.74) is 6.62. The molecule has 0 aromatic heterocycles. The van der Waals surface area contributed by atoms with Gasteiger partial charge in [-0.2, -0.15) is 0 Å². The molecule has 0 heterocycles. The molecule has 0 fully saturated rings. The lowest BCUT2D eigenvalue weighted by molar-refractivity contribution is 0.0556. The van der Waals surface area contributed by atoms with Crippen molar-refractivity contribution in [1.82, 2.24) is 0 Å². The highest BCUT2D eigenvalue weighted by Gasteiger charge is 2.07. The van der Waals surface area contributed by atoms with Crippen molar-refractivity contribution >= 4 is 0 Å². The van der Waals surface area contributed by atoms with Crippen LogP contribution in [0.3, 0.4) is 0 Å². The van der Waals surface area contributed by atoms with E-state index in [9.17, 15) is 0 Å². The molecule has 2 N–H and O–H groups in total. The molecular weight excluding hydrogens is 162 g/mol. The van der Waals surface area contributed by atoms with Gasteiger partial charge in [0.2, 0.25) is 0 Å². The zero-order chi connectivity index (χ0) is 9.52. The lowest BCUT2D eigenvalue weighted by Gasteiger charge is -2.15. The van der Waals surface area contributed by atoms with Crippen LogP contribution in [-0.4, -0.2) is 13.2 Å². The van der Waals surface area contributed by atoms with E-state index in [2.05, 4.69) is 19.1 Å². The Bertz CT molecular complexity index is 223. The molecule has 2 heteroatoms. The number of hydrogen-bond donors (Lipinski definition) is 1. The summed E-state index contributed by atoms with van der Waals surface area (Å²) in [5, 5.41) is 0. The second-order valence-corrected chi connectivity index (χ2v) is 2.97. The Hall–Kier alpha value is -0.860. The van der Waals surface area contributed by atoms with Crippen molar-refractivity contribution in [2.45, 2.75) is 19.4 Å². The van der Waals surface area contributed by atoms with Crippen LogP contribution < -0.4 is 5.73 Å². The van der Waals surface area contributed by atoms with Crippen molar-refractivity contribution < 1.29 is 4.74 Å². The summed E-state index contributed by atoms with van der Waals surface area (Å²) in [4.78, 5) is 0. The topological polar surface area (TPSA) is 35.2 Å². The van der Waals surface area contributed by atoms with Crippen LogP contribution in [0, 0.1) is 0 Å². The highest BCUT2D eigenvalue weighted by Crippen LogP contribution is 2.19. The second-order valence-electron chi connectivity index (χ2n) is 2.97. The van der Waals surface area contributed by atoms with Crippen LogP contribution in [0.25, 0.3) is 0 Å². The van der Waals surface area contributed by atoms with Gasteiger partial charge >= 0.3 is 0 Å². The molecule has 1 atom stereocenters. The minimum absolute atomic E-state index is 0.199. The Morgan fingerprint density at radius 3 is 2.54 bits per heavy atom. The van der Waals surface area contributed by atoms with Crippen molar-refractivity contribution in [3.05, 3.63) is 35.9 Å². The van der Waals surface area contributed by atoms with Gasteiger partial charge in [-0.05, 0) is 12.0 Å². The summed E-state index contributed by atoms with van der Waals surface area (Å²) in [6.45, 7) is 3.34. The molecule has 72 valence electrons. The summed E-state index contributed by atoms with van der Waals surface area (Å²) < 4.78 is 5.60. The smallest absolute Gasteiger partial charge is 0.0822 e. The Balaban J connectivity index is 2.56. The first kappa shape index (κ1) is 10.2. The Morgan fingerprint density at radius 2 is 2.00 bits per heavy atom. The molecule has 1 aromatic carbocycles. The summed E-state index contributed by atoms with van der Waals surface area (Å²) in [6, 6.07) is 10.3. The van der Waals surface area contributed by atoms with E-state index in [0.29, 0.717) is 13.2 Å². The number of benzene rings is 1. The lowest BCUT2D eigenvalue weighted by Crippen LogP contribution is -2.12. The zero-order valence-corrected chi connectivity index (χ0v) is 8.07. The van der Waals surface area contributed by atoms with Crippen LogP contribution in [0.2, 0.25) is 0 Å². The van der Waals surface area contributed by atoms with Gasteiger partial charge in [-0.1, -0.05) is 37.3 Å². The maximum atomic E-state index is 5.60. The monoisotopic (exact) mass is 179 g/mol. The van der Waals surface area contributed by atoms with Crippen LogP contribution in [0.5, 0.6) is 0 Å². The Morgan fingerprint density at radius 1 is 1.31 bits per heavy atom. The molecule has 0 unspecified atom stereocenters. The van der Waals surface area contributed by atoms with Gasteiger partial charge in [0.1, 0.15) is 0 Å². The van der Waals surface area contributed by atoms with E-state index < -0.39 is 0 Å². The summed E-state index contributed by atoms with van der Waals surface area (Å²) >= 11 is 0. The molecule has 1 aromatic rings. The molecule has 0 aliphatic heterocycles. The molecule has 0 bridgehead atoms. The van der Waals surface area contributed by atoms with Gasteiger partial charge in [0.05, 0.1) is 12.7 Å². The Kier molecular flexibility index (Phi) is 4.50. The average molecular weight is 179 g/mol. The molecule has 0 saturated carbocycles. The maximum Gasteiger partial charge on any atom is 0.0822 e. The lowest BCUT2D eigenvalue weighted by atomic mass is 10.1.